The molecule has 5 nitrogen and oxygen atoms in total. The summed E-state index contributed by atoms with van der Waals surface area (Å²) < 4.78 is 0. The van der Waals surface area contributed by atoms with Crippen LogP contribution in [0.4, 0.5) is 10.1 Å². The summed E-state index contributed by atoms with van der Waals surface area (Å²) in [6.45, 7) is 0. The van der Waals surface area contributed by atoms with Crippen LogP contribution >= 0.6 is 11.3 Å². The van der Waals surface area contributed by atoms with Crippen molar-refractivity contribution in [1.29, 1.82) is 0 Å². The maximum atomic E-state index is 12.2. The Balaban J connectivity index is 1.82. The third kappa shape index (κ3) is 2.53. The van der Waals surface area contributed by atoms with Crippen LogP contribution in [-0.4, -0.2) is 5.91 Å². The largest absolute Gasteiger partial charge is 0.341 e. The fourth-order valence-electron chi connectivity index (χ4n) is 2.02. The van der Waals surface area contributed by atoms with Crippen molar-refractivity contribution in [3.05, 3.63) is 46.5 Å². The van der Waals surface area contributed by atoms with Gasteiger partial charge in [0, 0.05) is 0 Å². The van der Waals surface area contributed by atoms with Crippen LogP contribution in [0, 0.1) is 4.91 Å². The first kappa shape index (κ1) is 12.0. The molecule has 1 saturated carbocycles. The molecule has 2 aromatic rings. The number of nitroso groups, excluding NO2 is 1. The SMILES string of the molecule is O=Nc1c[nH+]c(NC(=O)c2ccccc2C2CC2)s1. The highest BCUT2D eigenvalue weighted by atomic mass is 32.1. The molecule has 1 fully saturated rings. The number of carbonyl (C=O) groups is 1. The minimum atomic E-state index is -0.155. The zero-order chi connectivity index (χ0) is 13.2. The minimum absolute atomic E-state index is 0.155. The highest BCUT2D eigenvalue weighted by Gasteiger charge is 2.29. The van der Waals surface area contributed by atoms with Gasteiger partial charge in [0.15, 0.2) is 0 Å². The van der Waals surface area contributed by atoms with Gasteiger partial charge in [-0.15, -0.1) is 4.91 Å². The van der Waals surface area contributed by atoms with Crippen molar-refractivity contribution in [3.8, 4) is 0 Å². The Morgan fingerprint density at radius 3 is 2.84 bits per heavy atom. The maximum Gasteiger partial charge on any atom is 0.341 e. The summed E-state index contributed by atoms with van der Waals surface area (Å²) in [4.78, 5) is 25.4. The van der Waals surface area contributed by atoms with Gasteiger partial charge in [0.05, 0.1) is 5.56 Å². The van der Waals surface area contributed by atoms with Crippen LogP contribution in [0.2, 0.25) is 0 Å². The molecule has 0 spiro atoms. The Kier molecular flexibility index (Phi) is 3.08. The standard InChI is InChI=1S/C13H11N3O2S/c17-12(15-13-14-7-11(16-18)19-13)10-4-2-1-3-9(10)8-5-6-8/h1-4,7-8H,5-6H2,(H,14,15,17)/p+1. The number of H-pyrrole nitrogens is 1. The Labute approximate surface area is 113 Å². The molecule has 19 heavy (non-hydrogen) atoms. The number of aromatic amines is 1. The van der Waals surface area contributed by atoms with Gasteiger partial charge in [-0.3, -0.25) is 0 Å². The molecular formula is C13H12N3O2S+. The van der Waals surface area contributed by atoms with Crippen LogP contribution in [0.3, 0.4) is 0 Å². The zero-order valence-electron chi connectivity index (χ0n) is 10.1. The zero-order valence-corrected chi connectivity index (χ0v) is 10.9. The smallest absolute Gasteiger partial charge is 0.241 e. The van der Waals surface area contributed by atoms with Crippen molar-refractivity contribution in [2.75, 3.05) is 5.32 Å². The molecule has 0 aliphatic heterocycles. The first-order valence-corrected chi connectivity index (χ1v) is 6.84. The second-order valence-corrected chi connectivity index (χ2v) is 5.50. The number of amides is 1. The molecule has 0 atom stereocenters. The Morgan fingerprint density at radius 1 is 1.37 bits per heavy atom. The molecule has 1 aliphatic rings. The molecule has 1 aromatic heterocycles. The molecule has 1 amide bonds. The van der Waals surface area contributed by atoms with Crippen LogP contribution < -0.4 is 10.3 Å². The number of benzene rings is 1. The molecule has 0 saturated heterocycles. The number of thiazole rings is 1. The number of hydrogen-bond donors (Lipinski definition) is 1. The second-order valence-electron chi connectivity index (χ2n) is 4.47. The number of nitrogens with one attached hydrogen (secondary N) is 2. The van der Waals surface area contributed by atoms with E-state index in [0.717, 1.165) is 29.7 Å². The highest BCUT2D eigenvalue weighted by molar-refractivity contribution is 7.18. The van der Waals surface area contributed by atoms with Crippen molar-refractivity contribution >= 4 is 27.4 Å². The van der Waals surface area contributed by atoms with Crippen LogP contribution in [0.15, 0.2) is 35.6 Å². The van der Waals surface area contributed by atoms with E-state index < -0.39 is 0 Å². The van der Waals surface area contributed by atoms with E-state index in [0.29, 0.717) is 21.6 Å². The van der Waals surface area contributed by atoms with E-state index in [1.807, 2.05) is 24.3 Å². The molecule has 3 rings (SSSR count). The fraction of sp³-hybridized carbons (Fsp3) is 0.231. The fourth-order valence-corrected chi connectivity index (χ4v) is 2.65. The maximum absolute atomic E-state index is 12.2. The number of anilines is 1. The Bertz CT molecular complexity index is 634. The average molecular weight is 274 g/mol. The molecule has 1 aliphatic carbocycles. The third-order valence-electron chi connectivity index (χ3n) is 3.07. The quantitative estimate of drug-likeness (QED) is 0.870. The molecule has 0 radical (unpaired) electrons. The minimum Gasteiger partial charge on any atom is -0.241 e. The number of nitrogens with zero attached hydrogens (tertiary/aromatic N) is 1. The van der Waals surface area contributed by atoms with Crippen LogP contribution in [-0.2, 0) is 0 Å². The van der Waals surface area contributed by atoms with Gasteiger partial charge in [-0.2, -0.15) is 5.32 Å². The van der Waals surface area contributed by atoms with E-state index >= 15 is 0 Å². The van der Waals surface area contributed by atoms with E-state index in [4.69, 9.17) is 0 Å². The molecule has 1 aromatic carbocycles. The highest BCUT2D eigenvalue weighted by Crippen LogP contribution is 2.41. The lowest BCUT2D eigenvalue weighted by atomic mass is 10.0. The van der Waals surface area contributed by atoms with Gasteiger partial charge >= 0.3 is 11.0 Å². The molecule has 96 valence electrons. The lowest BCUT2D eigenvalue weighted by molar-refractivity contribution is -0.353. The summed E-state index contributed by atoms with van der Waals surface area (Å²) in [5.74, 6) is 0.361. The van der Waals surface area contributed by atoms with Crippen molar-refractivity contribution < 1.29 is 9.78 Å². The molecule has 1 heterocycles. The predicted molar refractivity (Wildman–Crippen MR) is 72.7 cm³/mol. The summed E-state index contributed by atoms with van der Waals surface area (Å²) in [5.41, 5.74) is 1.80. The first-order chi connectivity index (χ1) is 9.28. The van der Waals surface area contributed by atoms with Crippen LogP contribution in [0.5, 0.6) is 0 Å². The number of carbonyl (C=O) groups excluding carboxylic acids is 1. The average Bonchev–Trinajstić information content (AvgIpc) is 3.19. The monoisotopic (exact) mass is 274 g/mol. The Morgan fingerprint density at radius 2 is 2.16 bits per heavy atom. The predicted octanol–water partition coefficient (Wildman–Crippen LogP) is 3.09. The molecule has 2 N–H and O–H groups in total. The number of aromatic nitrogens is 1. The molecule has 6 heteroatoms. The van der Waals surface area contributed by atoms with Gasteiger partial charge in [-0.1, -0.05) is 18.2 Å². The van der Waals surface area contributed by atoms with Crippen molar-refractivity contribution in [2.24, 2.45) is 5.18 Å². The topological polar surface area (TPSA) is 72.7 Å². The van der Waals surface area contributed by atoms with Crippen LogP contribution in [0.1, 0.15) is 34.7 Å². The van der Waals surface area contributed by atoms with E-state index in [9.17, 15) is 9.70 Å². The third-order valence-corrected chi connectivity index (χ3v) is 3.90. The lowest BCUT2D eigenvalue weighted by Gasteiger charge is -2.03. The van der Waals surface area contributed by atoms with Gasteiger partial charge in [-0.05, 0) is 46.9 Å². The van der Waals surface area contributed by atoms with Gasteiger partial charge in [0.25, 0.3) is 0 Å². The molecule has 0 unspecified atom stereocenters. The number of rotatable bonds is 4. The summed E-state index contributed by atoms with van der Waals surface area (Å²) in [6.07, 6.45) is 3.77. The summed E-state index contributed by atoms with van der Waals surface area (Å²) in [7, 11) is 0. The van der Waals surface area contributed by atoms with Gasteiger partial charge in [-0.25, -0.2) is 9.78 Å². The van der Waals surface area contributed by atoms with Gasteiger partial charge < -0.3 is 0 Å². The lowest BCUT2D eigenvalue weighted by Crippen LogP contribution is -2.17. The van der Waals surface area contributed by atoms with E-state index in [1.165, 1.54) is 6.20 Å². The first-order valence-electron chi connectivity index (χ1n) is 6.03. The number of hydrogen-bond acceptors (Lipinski definition) is 4. The van der Waals surface area contributed by atoms with E-state index in [1.54, 1.807) is 0 Å². The van der Waals surface area contributed by atoms with E-state index in [-0.39, 0.29) is 5.91 Å². The van der Waals surface area contributed by atoms with Crippen molar-refractivity contribution in [1.82, 2.24) is 0 Å². The normalized spacial score (nSPS) is 14.1. The van der Waals surface area contributed by atoms with E-state index in [2.05, 4.69) is 15.5 Å². The van der Waals surface area contributed by atoms with Gasteiger partial charge in [0.2, 0.25) is 5.00 Å². The van der Waals surface area contributed by atoms with Gasteiger partial charge in [0.1, 0.15) is 6.20 Å². The summed E-state index contributed by atoms with van der Waals surface area (Å²) in [6, 6.07) is 7.64. The summed E-state index contributed by atoms with van der Waals surface area (Å²) in [5, 5.41) is 6.40. The molecule has 0 bridgehead atoms. The van der Waals surface area contributed by atoms with Crippen molar-refractivity contribution in [3.63, 3.8) is 0 Å². The second kappa shape index (κ2) is 4.89. The molecular weight excluding hydrogens is 262 g/mol. The van der Waals surface area contributed by atoms with Crippen molar-refractivity contribution in [2.45, 2.75) is 18.8 Å². The van der Waals surface area contributed by atoms with Crippen LogP contribution in [0.25, 0.3) is 0 Å². The summed E-state index contributed by atoms with van der Waals surface area (Å²) >= 11 is 1.12. The Hall–Kier alpha value is -2.08.